The highest BCUT2D eigenvalue weighted by atomic mass is 32.2. The Bertz CT molecular complexity index is 1110. The summed E-state index contributed by atoms with van der Waals surface area (Å²) in [6.45, 7) is 5.76. The normalized spacial score (nSPS) is 14.0. The third-order valence-corrected chi connectivity index (χ3v) is 6.23. The smallest absolute Gasteiger partial charge is 0.316 e. The van der Waals surface area contributed by atoms with Crippen LogP contribution in [0.25, 0.3) is 22.4 Å². The summed E-state index contributed by atoms with van der Waals surface area (Å²) in [6.07, 6.45) is 3.88. The lowest BCUT2D eigenvalue weighted by Gasteiger charge is -2.30. The Morgan fingerprint density at radius 3 is 2.67 bits per heavy atom. The van der Waals surface area contributed by atoms with E-state index >= 15 is 0 Å². The highest BCUT2D eigenvalue weighted by Gasteiger charge is 2.29. The fourth-order valence-corrected chi connectivity index (χ4v) is 4.57. The number of carboxylic acid groups (broad SMARTS) is 1. The zero-order valence-electron chi connectivity index (χ0n) is 16.8. The third kappa shape index (κ3) is 5.05. The molecule has 0 aromatic carbocycles. The van der Waals surface area contributed by atoms with Gasteiger partial charge in [-0.15, -0.1) is 0 Å². The lowest BCUT2D eigenvalue weighted by Crippen LogP contribution is -2.30. The molecule has 0 bridgehead atoms. The van der Waals surface area contributed by atoms with Crippen molar-refractivity contribution in [3.05, 3.63) is 42.0 Å². The maximum atomic E-state index is 14.5. The number of aliphatic carboxylic acids is 1. The lowest BCUT2D eigenvalue weighted by molar-refractivity contribution is -0.133. The van der Waals surface area contributed by atoms with Gasteiger partial charge >= 0.3 is 5.97 Å². The number of carbonyl (C=O) groups is 1. The van der Waals surface area contributed by atoms with Crippen LogP contribution in [-0.4, -0.2) is 46.7 Å². The van der Waals surface area contributed by atoms with Crippen molar-refractivity contribution in [3.63, 3.8) is 0 Å². The van der Waals surface area contributed by atoms with Gasteiger partial charge in [-0.1, -0.05) is 20.8 Å². The van der Waals surface area contributed by atoms with Crippen molar-refractivity contribution in [3.8, 4) is 11.4 Å². The van der Waals surface area contributed by atoms with Crippen molar-refractivity contribution in [2.24, 2.45) is 11.3 Å². The number of nitrogens with zero attached hydrogens (tertiary/aromatic N) is 3. The number of H-pyrrole nitrogens is 1. The minimum absolute atomic E-state index is 0.108. The molecule has 0 spiro atoms. The molecule has 3 heterocycles. The van der Waals surface area contributed by atoms with Crippen LogP contribution in [0.4, 0.5) is 8.78 Å². The van der Waals surface area contributed by atoms with E-state index in [-0.39, 0.29) is 35.0 Å². The Kier molecular flexibility index (Phi) is 6.25. The standard InChI is InChI=1S/C20H22F2N4O3S/c1-20(2,3)11(9-30(29)10-17(27)28)4-16-15(22)8-25-19(26-16)14-7-24-18-13(14)5-12(21)6-23-18/h5-8,11H,4,9-10H2,1-3H3,(H,23,24)(H,27,28)/t11-,30?/m1/s1. The molecule has 0 aliphatic rings. The molecular weight excluding hydrogens is 414 g/mol. The SMILES string of the molecule is CC(C)(C)[C@H](Cc1nc(-c2c[nH]c3ncc(F)cc23)ncc1F)CS(=O)CC(=O)O. The summed E-state index contributed by atoms with van der Waals surface area (Å²) in [5.74, 6) is -2.69. The van der Waals surface area contributed by atoms with Crippen molar-refractivity contribution >= 4 is 27.8 Å². The minimum Gasteiger partial charge on any atom is -0.481 e. The average molecular weight is 436 g/mol. The van der Waals surface area contributed by atoms with Gasteiger partial charge in [0.15, 0.2) is 11.6 Å². The monoisotopic (exact) mass is 436 g/mol. The molecule has 0 aliphatic carbocycles. The van der Waals surface area contributed by atoms with E-state index in [4.69, 9.17) is 5.11 Å². The first-order valence-corrected chi connectivity index (χ1v) is 10.7. The highest BCUT2D eigenvalue weighted by molar-refractivity contribution is 7.85. The van der Waals surface area contributed by atoms with E-state index in [1.807, 2.05) is 20.8 Å². The first kappa shape index (κ1) is 21.9. The quantitative estimate of drug-likeness (QED) is 0.588. The Morgan fingerprint density at radius 1 is 1.27 bits per heavy atom. The van der Waals surface area contributed by atoms with Crippen LogP contribution in [0.5, 0.6) is 0 Å². The summed E-state index contributed by atoms with van der Waals surface area (Å²) in [4.78, 5) is 26.1. The molecule has 1 unspecified atom stereocenters. The molecule has 7 nitrogen and oxygen atoms in total. The largest absolute Gasteiger partial charge is 0.481 e. The first-order valence-electron chi connectivity index (χ1n) is 9.25. The van der Waals surface area contributed by atoms with Crippen molar-refractivity contribution < 1.29 is 22.9 Å². The highest BCUT2D eigenvalue weighted by Crippen LogP contribution is 2.31. The van der Waals surface area contributed by atoms with E-state index in [1.165, 1.54) is 6.07 Å². The van der Waals surface area contributed by atoms with Gasteiger partial charge in [0.2, 0.25) is 0 Å². The molecule has 0 amide bonds. The summed E-state index contributed by atoms with van der Waals surface area (Å²) in [5, 5.41) is 9.35. The summed E-state index contributed by atoms with van der Waals surface area (Å²) < 4.78 is 40.3. The topological polar surface area (TPSA) is 109 Å². The number of aromatic amines is 1. The molecule has 0 radical (unpaired) electrons. The molecule has 2 atom stereocenters. The maximum Gasteiger partial charge on any atom is 0.316 e. The number of aromatic nitrogens is 4. The Labute approximate surface area is 174 Å². The average Bonchev–Trinajstić information content (AvgIpc) is 3.04. The minimum atomic E-state index is -1.58. The summed E-state index contributed by atoms with van der Waals surface area (Å²) in [5.41, 5.74) is 0.711. The van der Waals surface area contributed by atoms with Gasteiger partial charge in [0.1, 0.15) is 17.2 Å². The van der Waals surface area contributed by atoms with Gasteiger partial charge in [0.05, 0.1) is 18.1 Å². The Morgan fingerprint density at radius 2 is 2.00 bits per heavy atom. The maximum absolute atomic E-state index is 14.5. The van der Waals surface area contributed by atoms with Gasteiger partial charge in [0.25, 0.3) is 0 Å². The molecule has 10 heteroatoms. The molecular formula is C20H22F2N4O3S. The first-order chi connectivity index (χ1) is 14.0. The van der Waals surface area contributed by atoms with Crippen LogP contribution < -0.4 is 0 Å². The second-order valence-corrected chi connectivity index (χ2v) is 9.65. The van der Waals surface area contributed by atoms with Crippen molar-refractivity contribution in [2.45, 2.75) is 27.2 Å². The number of rotatable bonds is 7. The predicted molar refractivity (Wildman–Crippen MR) is 109 cm³/mol. The van der Waals surface area contributed by atoms with E-state index < -0.39 is 34.2 Å². The Hall–Kier alpha value is -2.75. The van der Waals surface area contributed by atoms with Crippen LogP contribution in [0.1, 0.15) is 26.5 Å². The molecule has 0 saturated carbocycles. The number of nitrogens with one attached hydrogen (secondary N) is 1. The van der Waals surface area contributed by atoms with Crippen LogP contribution in [0, 0.1) is 23.0 Å². The molecule has 30 heavy (non-hydrogen) atoms. The van der Waals surface area contributed by atoms with Gasteiger partial charge in [-0.2, -0.15) is 0 Å². The number of halogens is 2. The lowest BCUT2D eigenvalue weighted by atomic mass is 9.79. The Balaban J connectivity index is 1.94. The zero-order valence-corrected chi connectivity index (χ0v) is 17.6. The zero-order chi connectivity index (χ0) is 22.1. The molecule has 3 aromatic heterocycles. The fraction of sp³-hybridized carbons (Fsp3) is 0.400. The van der Waals surface area contributed by atoms with E-state index in [9.17, 15) is 17.8 Å². The van der Waals surface area contributed by atoms with E-state index in [2.05, 4.69) is 19.9 Å². The molecule has 3 rings (SSSR count). The van der Waals surface area contributed by atoms with Crippen LogP contribution in [0.3, 0.4) is 0 Å². The number of pyridine rings is 1. The number of fused-ring (bicyclic) bond motifs is 1. The van der Waals surface area contributed by atoms with E-state index in [1.54, 1.807) is 6.20 Å². The summed E-state index contributed by atoms with van der Waals surface area (Å²) in [7, 11) is -1.58. The molecule has 0 saturated heterocycles. The third-order valence-electron chi connectivity index (χ3n) is 4.89. The fourth-order valence-electron chi connectivity index (χ4n) is 3.11. The number of hydrogen-bond donors (Lipinski definition) is 2. The van der Waals surface area contributed by atoms with Crippen LogP contribution in [-0.2, 0) is 22.0 Å². The van der Waals surface area contributed by atoms with Gasteiger partial charge in [-0.05, 0) is 23.8 Å². The van der Waals surface area contributed by atoms with Crippen molar-refractivity contribution in [1.29, 1.82) is 0 Å². The molecule has 0 fully saturated rings. The molecule has 2 N–H and O–H groups in total. The second-order valence-electron chi connectivity index (χ2n) is 8.15. The van der Waals surface area contributed by atoms with Gasteiger partial charge in [-0.3, -0.25) is 9.00 Å². The van der Waals surface area contributed by atoms with Crippen LogP contribution in [0.2, 0.25) is 0 Å². The van der Waals surface area contributed by atoms with Crippen molar-refractivity contribution in [2.75, 3.05) is 11.5 Å². The van der Waals surface area contributed by atoms with Crippen molar-refractivity contribution in [1.82, 2.24) is 19.9 Å². The molecule has 0 aliphatic heterocycles. The second kappa shape index (κ2) is 8.55. The predicted octanol–water partition coefficient (Wildman–Crippen LogP) is 3.34. The molecule has 3 aromatic rings. The van der Waals surface area contributed by atoms with E-state index in [0.29, 0.717) is 16.6 Å². The number of carboxylic acids is 1. The van der Waals surface area contributed by atoms with E-state index in [0.717, 1.165) is 12.4 Å². The van der Waals surface area contributed by atoms with Gasteiger partial charge in [0, 0.05) is 33.7 Å². The van der Waals surface area contributed by atoms with Gasteiger partial charge < -0.3 is 10.1 Å². The molecule has 160 valence electrons. The summed E-state index contributed by atoms with van der Waals surface area (Å²) in [6, 6.07) is 1.30. The van der Waals surface area contributed by atoms with Crippen LogP contribution >= 0.6 is 0 Å². The summed E-state index contributed by atoms with van der Waals surface area (Å²) >= 11 is 0. The number of hydrogen-bond acceptors (Lipinski definition) is 5. The van der Waals surface area contributed by atoms with Crippen LogP contribution in [0.15, 0.2) is 24.7 Å². The van der Waals surface area contributed by atoms with Gasteiger partial charge in [-0.25, -0.2) is 23.7 Å².